The maximum atomic E-state index is 13.4. The highest BCUT2D eigenvalue weighted by Gasteiger charge is 2.47. The Labute approximate surface area is 159 Å². The highest BCUT2D eigenvalue weighted by molar-refractivity contribution is 6.29. The van der Waals surface area contributed by atoms with Crippen LogP contribution in [0.2, 0.25) is 5.15 Å². The van der Waals surface area contributed by atoms with Crippen molar-refractivity contribution in [1.29, 1.82) is 0 Å². The molecule has 1 saturated carbocycles. The second-order valence-electron chi connectivity index (χ2n) is 7.75. The number of rotatable bonds is 5. The average Bonchev–Trinajstić information content (AvgIpc) is 3.41. The van der Waals surface area contributed by atoms with Crippen molar-refractivity contribution in [3.8, 4) is 0 Å². The molecule has 2 aliphatic rings. The van der Waals surface area contributed by atoms with Crippen LogP contribution < -0.4 is 10.6 Å². The zero-order chi connectivity index (χ0) is 18.3. The van der Waals surface area contributed by atoms with Gasteiger partial charge in [-0.1, -0.05) is 49.7 Å². The molecule has 2 aromatic rings. The predicted molar refractivity (Wildman–Crippen MR) is 105 cm³/mol. The van der Waals surface area contributed by atoms with Gasteiger partial charge in [0.15, 0.2) is 0 Å². The number of pyridine rings is 1. The lowest BCUT2D eigenvalue weighted by Crippen LogP contribution is -2.63. The fourth-order valence-electron chi connectivity index (χ4n) is 3.81. The van der Waals surface area contributed by atoms with Crippen LogP contribution in [-0.4, -0.2) is 24.0 Å². The molecule has 1 amide bonds. The molecule has 2 N–H and O–H groups in total. The van der Waals surface area contributed by atoms with E-state index in [9.17, 15) is 4.79 Å². The smallest absolute Gasteiger partial charge is 0.237 e. The van der Waals surface area contributed by atoms with Crippen LogP contribution >= 0.6 is 11.6 Å². The number of hydrogen-bond donors (Lipinski definition) is 2. The standard InChI is InChI=1S/C21H24ClN3O/c1-13(2)15-5-3-4-6-17(15)21(11-23-12-21)20(26)25-18-10-24-19(22)9-16(18)14-7-8-14/h3-6,9-10,13-14,23H,7-8,11-12H2,1-2H3,(H,25,26). The molecule has 1 aromatic carbocycles. The van der Waals surface area contributed by atoms with Gasteiger partial charge >= 0.3 is 0 Å². The number of halogens is 1. The van der Waals surface area contributed by atoms with E-state index in [0.29, 0.717) is 30.1 Å². The minimum absolute atomic E-state index is 0.0374. The number of carbonyl (C=O) groups excluding carboxylic acids is 1. The van der Waals surface area contributed by atoms with Crippen LogP contribution in [0.15, 0.2) is 36.5 Å². The Hall–Kier alpha value is -1.91. The molecule has 0 bridgehead atoms. The van der Waals surface area contributed by atoms with Crippen molar-refractivity contribution < 1.29 is 4.79 Å². The van der Waals surface area contributed by atoms with Crippen molar-refractivity contribution in [2.45, 2.75) is 43.9 Å². The van der Waals surface area contributed by atoms with Crippen LogP contribution in [0.25, 0.3) is 0 Å². The van der Waals surface area contributed by atoms with Crippen molar-refractivity contribution in [1.82, 2.24) is 10.3 Å². The molecular formula is C21H24ClN3O. The number of carbonyl (C=O) groups is 1. The van der Waals surface area contributed by atoms with Gasteiger partial charge in [-0.3, -0.25) is 4.79 Å². The van der Waals surface area contributed by atoms with Gasteiger partial charge in [0.25, 0.3) is 0 Å². The molecule has 1 aromatic heterocycles. The van der Waals surface area contributed by atoms with E-state index < -0.39 is 5.41 Å². The Morgan fingerprint density at radius 3 is 2.65 bits per heavy atom. The number of hydrogen-bond acceptors (Lipinski definition) is 3. The summed E-state index contributed by atoms with van der Waals surface area (Å²) in [7, 11) is 0. The molecule has 2 fully saturated rings. The molecule has 1 saturated heterocycles. The van der Waals surface area contributed by atoms with E-state index >= 15 is 0 Å². The third-order valence-corrected chi connectivity index (χ3v) is 5.76. The van der Waals surface area contributed by atoms with Crippen molar-refractivity contribution in [2.24, 2.45) is 0 Å². The van der Waals surface area contributed by atoms with Crippen LogP contribution in [0.5, 0.6) is 0 Å². The zero-order valence-corrected chi connectivity index (χ0v) is 15.9. The average molecular weight is 370 g/mol. The number of nitrogens with zero attached hydrogens (tertiary/aromatic N) is 1. The molecule has 1 aliphatic heterocycles. The lowest BCUT2D eigenvalue weighted by Gasteiger charge is -2.43. The lowest BCUT2D eigenvalue weighted by molar-refractivity contribution is -0.123. The summed E-state index contributed by atoms with van der Waals surface area (Å²) in [5.41, 5.74) is 3.75. The van der Waals surface area contributed by atoms with Gasteiger partial charge in [0.05, 0.1) is 17.3 Å². The van der Waals surface area contributed by atoms with E-state index in [2.05, 4.69) is 41.6 Å². The van der Waals surface area contributed by atoms with Gasteiger partial charge < -0.3 is 10.6 Å². The number of benzene rings is 1. The first-order chi connectivity index (χ1) is 12.5. The van der Waals surface area contributed by atoms with E-state index in [1.165, 1.54) is 5.56 Å². The molecule has 0 atom stereocenters. The highest BCUT2D eigenvalue weighted by atomic mass is 35.5. The monoisotopic (exact) mass is 369 g/mol. The number of anilines is 1. The quantitative estimate of drug-likeness (QED) is 0.776. The molecule has 1 aliphatic carbocycles. The molecule has 2 heterocycles. The Morgan fingerprint density at radius 1 is 1.31 bits per heavy atom. The third-order valence-electron chi connectivity index (χ3n) is 5.55. The Bertz CT molecular complexity index is 841. The first-order valence-corrected chi connectivity index (χ1v) is 9.66. The molecule has 0 unspecified atom stereocenters. The van der Waals surface area contributed by atoms with Crippen LogP contribution in [-0.2, 0) is 10.2 Å². The minimum Gasteiger partial charge on any atom is -0.324 e. The second kappa shape index (κ2) is 6.67. The molecule has 5 heteroatoms. The molecule has 0 spiro atoms. The van der Waals surface area contributed by atoms with Crippen LogP contribution in [0.1, 0.15) is 55.2 Å². The Morgan fingerprint density at radius 2 is 2.04 bits per heavy atom. The maximum Gasteiger partial charge on any atom is 0.237 e. The van der Waals surface area contributed by atoms with Crippen molar-refractivity contribution in [3.05, 3.63) is 58.4 Å². The first kappa shape index (κ1) is 17.5. The summed E-state index contributed by atoms with van der Waals surface area (Å²) < 4.78 is 0. The molecule has 136 valence electrons. The largest absolute Gasteiger partial charge is 0.324 e. The summed E-state index contributed by atoms with van der Waals surface area (Å²) in [6, 6.07) is 10.2. The van der Waals surface area contributed by atoms with Gasteiger partial charge in [-0.15, -0.1) is 0 Å². The Balaban J connectivity index is 1.67. The summed E-state index contributed by atoms with van der Waals surface area (Å²) in [5.74, 6) is 0.898. The van der Waals surface area contributed by atoms with Crippen LogP contribution in [0, 0.1) is 0 Å². The van der Waals surface area contributed by atoms with Crippen LogP contribution in [0.4, 0.5) is 5.69 Å². The highest BCUT2D eigenvalue weighted by Crippen LogP contribution is 2.44. The third kappa shape index (κ3) is 3.01. The number of amides is 1. The van der Waals surface area contributed by atoms with E-state index in [1.807, 2.05) is 18.2 Å². The predicted octanol–water partition coefficient (Wildman–Crippen LogP) is 4.22. The van der Waals surface area contributed by atoms with E-state index in [1.54, 1.807) is 6.20 Å². The first-order valence-electron chi connectivity index (χ1n) is 9.28. The lowest BCUT2D eigenvalue weighted by atomic mass is 9.71. The summed E-state index contributed by atoms with van der Waals surface area (Å²) >= 11 is 6.07. The van der Waals surface area contributed by atoms with Gasteiger partial charge in [0.2, 0.25) is 5.91 Å². The van der Waals surface area contributed by atoms with E-state index in [4.69, 9.17) is 11.6 Å². The van der Waals surface area contributed by atoms with E-state index in [-0.39, 0.29) is 5.91 Å². The normalized spacial score (nSPS) is 18.5. The van der Waals surface area contributed by atoms with Crippen molar-refractivity contribution in [2.75, 3.05) is 18.4 Å². The molecular weight excluding hydrogens is 346 g/mol. The maximum absolute atomic E-state index is 13.4. The summed E-state index contributed by atoms with van der Waals surface area (Å²) in [5, 5.41) is 6.94. The van der Waals surface area contributed by atoms with Gasteiger partial charge in [-0.2, -0.15) is 0 Å². The number of aromatic nitrogens is 1. The van der Waals surface area contributed by atoms with Gasteiger partial charge in [0, 0.05) is 13.1 Å². The second-order valence-corrected chi connectivity index (χ2v) is 8.14. The molecule has 4 nitrogen and oxygen atoms in total. The molecule has 26 heavy (non-hydrogen) atoms. The summed E-state index contributed by atoms with van der Waals surface area (Å²) in [6.07, 6.45) is 3.99. The molecule has 0 radical (unpaired) electrons. The summed E-state index contributed by atoms with van der Waals surface area (Å²) in [4.78, 5) is 17.5. The fraction of sp³-hybridized carbons (Fsp3) is 0.429. The Kier molecular flexibility index (Phi) is 4.49. The van der Waals surface area contributed by atoms with Crippen LogP contribution in [0.3, 0.4) is 0 Å². The van der Waals surface area contributed by atoms with Crippen molar-refractivity contribution in [3.63, 3.8) is 0 Å². The van der Waals surface area contributed by atoms with Gasteiger partial charge in [0.1, 0.15) is 5.15 Å². The van der Waals surface area contributed by atoms with Gasteiger partial charge in [-0.25, -0.2) is 4.98 Å². The zero-order valence-electron chi connectivity index (χ0n) is 15.2. The SMILES string of the molecule is CC(C)c1ccccc1C1(C(=O)Nc2cnc(Cl)cc2C2CC2)CNC1. The minimum atomic E-state index is -0.526. The number of nitrogens with one attached hydrogen (secondary N) is 2. The topological polar surface area (TPSA) is 54.0 Å². The van der Waals surface area contributed by atoms with Crippen molar-refractivity contribution >= 4 is 23.2 Å². The van der Waals surface area contributed by atoms with E-state index in [0.717, 1.165) is 29.7 Å². The van der Waals surface area contributed by atoms with Gasteiger partial charge in [-0.05, 0) is 47.4 Å². The molecule has 4 rings (SSSR count). The fourth-order valence-corrected chi connectivity index (χ4v) is 3.97. The summed E-state index contributed by atoms with van der Waals surface area (Å²) in [6.45, 7) is 5.65.